The Morgan fingerprint density at radius 1 is 1.60 bits per heavy atom. The van der Waals surface area contributed by atoms with E-state index in [1.807, 2.05) is 6.92 Å². The molecule has 10 heavy (non-hydrogen) atoms. The smallest absolute Gasteiger partial charge is 0.328 e. The Balaban J connectivity index is 3.99. The van der Waals surface area contributed by atoms with Crippen LogP contribution in [0.3, 0.4) is 0 Å². The Morgan fingerprint density at radius 2 is 2.10 bits per heavy atom. The summed E-state index contributed by atoms with van der Waals surface area (Å²) in [6.45, 7) is 5.04. The molecule has 0 saturated heterocycles. The predicted molar refractivity (Wildman–Crippen MR) is 39.7 cm³/mol. The summed E-state index contributed by atoms with van der Waals surface area (Å²) in [5.74, 6) is -0.856. The summed E-state index contributed by atoms with van der Waals surface area (Å²) in [4.78, 5) is 10.4. The second-order valence-corrected chi connectivity index (χ2v) is 2.57. The van der Waals surface area contributed by atoms with Gasteiger partial charge in [-0.2, -0.15) is 0 Å². The molecule has 0 aliphatic heterocycles. The second kappa shape index (κ2) is 3.25. The van der Waals surface area contributed by atoms with Crippen molar-refractivity contribution in [1.82, 2.24) is 5.32 Å². The lowest BCUT2D eigenvalue weighted by atomic mass is 10.1. The van der Waals surface area contributed by atoms with Crippen LogP contribution >= 0.6 is 0 Å². The van der Waals surface area contributed by atoms with Crippen molar-refractivity contribution in [3.63, 3.8) is 0 Å². The van der Waals surface area contributed by atoms with Crippen LogP contribution in [-0.2, 0) is 4.79 Å². The fraction of sp³-hybridized carbons (Fsp3) is 0.571. The van der Waals surface area contributed by atoms with Crippen LogP contribution < -0.4 is 5.32 Å². The monoisotopic (exact) mass is 143 g/mol. The van der Waals surface area contributed by atoms with Crippen molar-refractivity contribution in [3.8, 4) is 0 Å². The Morgan fingerprint density at radius 3 is 2.40 bits per heavy atom. The molecule has 2 N–H and O–H groups in total. The second-order valence-electron chi connectivity index (χ2n) is 2.57. The van der Waals surface area contributed by atoms with E-state index in [9.17, 15) is 4.79 Å². The van der Waals surface area contributed by atoms with Crippen LogP contribution in [-0.4, -0.2) is 16.6 Å². The molecular formula is C7H13NO2. The van der Waals surface area contributed by atoms with Gasteiger partial charge in [0.1, 0.15) is 5.54 Å². The Bertz CT molecular complexity index is 150. The lowest BCUT2D eigenvalue weighted by Gasteiger charge is -2.18. The summed E-state index contributed by atoms with van der Waals surface area (Å²) in [5, 5.41) is 11.3. The molecule has 0 atom stereocenters. The van der Waals surface area contributed by atoms with Crippen LogP contribution in [0.4, 0.5) is 0 Å². The van der Waals surface area contributed by atoms with Gasteiger partial charge in [0.25, 0.3) is 0 Å². The first kappa shape index (κ1) is 9.01. The third kappa shape index (κ3) is 2.53. The zero-order chi connectivity index (χ0) is 8.20. The third-order valence-corrected chi connectivity index (χ3v) is 1.15. The summed E-state index contributed by atoms with van der Waals surface area (Å²) in [6, 6.07) is 0. The highest BCUT2D eigenvalue weighted by molar-refractivity contribution is 5.77. The van der Waals surface area contributed by atoms with E-state index in [4.69, 9.17) is 5.11 Å². The van der Waals surface area contributed by atoms with E-state index in [1.165, 1.54) is 0 Å². The lowest BCUT2D eigenvalue weighted by Crippen LogP contribution is -2.43. The van der Waals surface area contributed by atoms with Crippen molar-refractivity contribution in [1.29, 1.82) is 0 Å². The molecule has 3 nitrogen and oxygen atoms in total. The molecule has 0 amide bonds. The summed E-state index contributed by atoms with van der Waals surface area (Å²) in [5.41, 5.74) is -0.869. The van der Waals surface area contributed by atoms with Gasteiger partial charge in [-0.1, -0.05) is 6.08 Å². The number of carboxylic acids is 1. The van der Waals surface area contributed by atoms with Gasteiger partial charge in [0.2, 0.25) is 0 Å². The number of rotatable bonds is 3. The fourth-order valence-corrected chi connectivity index (χ4v) is 0.353. The Kier molecular flexibility index (Phi) is 2.93. The highest BCUT2D eigenvalue weighted by Crippen LogP contribution is 2.00. The van der Waals surface area contributed by atoms with Gasteiger partial charge in [-0.3, -0.25) is 0 Å². The number of hydrogen-bond donors (Lipinski definition) is 2. The highest BCUT2D eigenvalue weighted by Gasteiger charge is 2.24. The molecule has 0 spiro atoms. The van der Waals surface area contributed by atoms with Crippen molar-refractivity contribution in [3.05, 3.63) is 12.3 Å². The maximum Gasteiger partial charge on any atom is 0.328 e. The molecule has 0 aromatic rings. The first-order valence-electron chi connectivity index (χ1n) is 3.13. The Hall–Kier alpha value is -0.990. The van der Waals surface area contributed by atoms with E-state index in [-0.39, 0.29) is 0 Å². The Labute approximate surface area is 60.7 Å². The summed E-state index contributed by atoms with van der Waals surface area (Å²) in [6.07, 6.45) is 3.37. The standard InChI is InChI=1S/C7H13NO2/c1-4-5-8-7(2,3)6(9)10/h4-5,8H,1-3H3,(H,9,10). The van der Waals surface area contributed by atoms with Crippen LogP contribution in [0, 0.1) is 0 Å². The number of nitrogens with one attached hydrogen (secondary N) is 1. The van der Waals surface area contributed by atoms with E-state index in [0.717, 1.165) is 0 Å². The molecule has 0 rings (SSSR count). The van der Waals surface area contributed by atoms with Gasteiger partial charge in [-0.25, -0.2) is 4.79 Å². The summed E-state index contributed by atoms with van der Waals surface area (Å²) >= 11 is 0. The minimum Gasteiger partial charge on any atom is -0.480 e. The SMILES string of the molecule is CC=CNC(C)(C)C(=O)O. The number of carboxylic acid groups (broad SMARTS) is 1. The number of carbonyl (C=O) groups is 1. The predicted octanol–water partition coefficient (Wildman–Crippen LogP) is 0.973. The van der Waals surface area contributed by atoms with E-state index in [0.29, 0.717) is 0 Å². The van der Waals surface area contributed by atoms with Crippen LogP contribution in [0.2, 0.25) is 0 Å². The molecule has 0 radical (unpaired) electrons. The normalized spacial score (nSPS) is 11.9. The number of hydrogen-bond acceptors (Lipinski definition) is 2. The van der Waals surface area contributed by atoms with Crippen molar-refractivity contribution in [2.45, 2.75) is 26.3 Å². The van der Waals surface area contributed by atoms with Gasteiger partial charge in [0, 0.05) is 0 Å². The molecule has 0 aliphatic carbocycles. The maximum atomic E-state index is 10.4. The molecule has 3 heteroatoms. The van der Waals surface area contributed by atoms with Gasteiger partial charge in [0.15, 0.2) is 0 Å². The zero-order valence-electron chi connectivity index (χ0n) is 6.51. The number of aliphatic carboxylic acids is 1. The van der Waals surface area contributed by atoms with Gasteiger partial charge < -0.3 is 10.4 Å². The molecule has 0 aliphatic rings. The molecule has 58 valence electrons. The summed E-state index contributed by atoms with van der Waals surface area (Å²) in [7, 11) is 0. The van der Waals surface area contributed by atoms with Crippen molar-refractivity contribution < 1.29 is 9.90 Å². The molecule has 0 heterocycles. The minimum absolute atomic E-state index is 0.856. The zero-order valence-corrected chi connectivity index (χ0v) is 6.51. The molecular weight excluding hydrogens is 130 g/mol. The molecule has 0 aromatic heterocycles. The van der Waals surface area contributed by atoms with Crippen molar-refractivity contribution in [2.24, 2.45) is 0 Å². The minimum atomic E-state index is -0.869. The van der Waals surface area contributed by atoms with Gasteiger partial charge in [-0.15, -0.1) is 0 Å². The quantitative estimate of drug-likeness (QED) is 0.619. The first-order chi connectivity index (χ1) is 4.50. The van der Waals surface area contributed by atoms with E-state index in [2.05, 4.69) is 5.32 Å². The van der Waals surface area contributed by atoms with Crippen LogP contribution in [0.1, 0.15) is 20.8 Å². The maximum absolute atomic E-state index is 10.4. The molecule has 0 fully saturated rings. The van der Waals surface area contributed by atoms with E-state index >= 15 is 0 Å². The van der Waals surface area contributed by atoms with E-state index in [1.54, 1.807) is 26.1 Å². The average molecular weight is 143 g/mol. The largest absolute Gasteiger partial charge is 0.480 e. The third-order valence-electron chi connectivity index (χ3n) is 1.15. The van der Waals surface area contributed by atoms with Crippen LogP contribution in [0.15, 0.2) is 12.3 Å². The number of allylic oxidation sites excluding steroid dienone is 1. The van der Waals surface area contributed by atoms with Gasteiger partial charge >= 0.3 is 5.97 Å². The van der Waals surface area contributed by atoms with Crippen molar-refractivity contribution in [2.75, 3.05) is 0 Å². The molecule has 0 unspecified atom stereocenters. The molecule has 0 saturated carbocycles. The van der Waals surface area contributed by atoms with Gasteiger partial charge in [-0.05, 0) is 27.0 Å². The fourth-order valence-electron chi connectivity index (χ4n) is 0.353. The van der Waals surface area contributed by atoms with Crippen LogP contribution in [0.5, 0.6) is 0 Å². The van der Waals surface area contributed by atoms with E-state index < -0.39 is 11.5 Å². The lowest BCUT2D eigenvalue weighted by molar-refractivity contribution is -0.142. The topological polar surface area (TPSA) is 49.3 Å². The van der Waals surface area contributed by atoms with Crippen molar-refractivity contribution >= 4 is 5.97 Å². The summed E-state index contributed by atoms with van der Waals surface area (Å²) < 4.78 is 0. The van der Waals surface area contributed by atoms with Crippen LogP contribution in [0.25, 0.3) is 0 Å². The highest BCUT2D eigenvalue weighted by atomic mass is 16.4. The van der Waals surface area contributed by atoms with Gasteiger partial charge in [0.05, 0.1) is 0 Å². The first-order valence-corrected chi connectivity index (χ1v) is 3.13. The average Bonchev–Trinajstić information content (AvgIpc) is 1.84. The molecule has 0 aromatic carbocycles. The molecule has 0 bridgehead atoms.